The fourth-order valence-corrected chi connectivity index (χ4v) is 4.01. The van der Waals surface area contributed by atoms with Gasteiger partial charge >= 0.3 is 0 Å². The summed E-state index contributed by atoms with van der Waals surface area (Å²) >= 11 is 6.07. The van der Waals surface area contributed by atoms with Crippen LogP contribution in [0.3, 0.4) is 0 Å². The van der Waals surface area contributed by atoms with E-state index in [2.05, 4.69) is 10.1 Å². The summed E-state index contributed by atoms with van der Waals surface area (Å²) in [5.74, 6) is -0.786. The number of quaternary nitrogens is 1. The van der Waals surface area contributed by atoms with Crippen LogP contribution in [0.5, 0.6) is 0 Å². The second kappa shape index (κ2) is 8.51. The van der Waals surface area contributed by atoms with E-state index < -0.39 is 17.9 Å². The van der Waals surface area contributed by atoms with Crippen LogP contribution in [0.2, 0.25) is 5.02 Å². The molecule has 0 bridgehead atoms. The lowest BCUT2D eigenvalue weighted by Crippen LogP contribution is -3.09. The highest BCUT2D eigenvalue weighted by molar-refractivity contribution is 6.31. The molecule has 30 heavy (non-hydrogen) atoms. The van der Waals surface area contributed by atoms with E-state index in [0.717, 1.165) is 10.5 Å². The second-order valence-electron chi connectivity index (χ2n) is 7.43. The van der Waals surface area contributed by atoms with Crippen molar-refractivity contribution < 1.29 is 28.8 Å². The molecule has 1 saturated heterocycles. The summed E-state index contributed by atoms with van der Waals surface area (Å²) in [7, 11) is 0. The first-order chi connectivity index (χ1) is 14.4. The molecular weight excluding hydrogens is 413 g/mol. The highest BCUT2D eigenvalue weighted by atomic mass is 35.5. The van der Waals surface area contributed by atoms with Gasteiger partial charge in [-0.2, -0.15) is 4.98 Å². The first-order valence-corrected chi connectivity index (χ1v) is 9.86. The van der Waals surface area contributed by atoms with Gasteiger partial charge in [-0.15, -0.1) is 0 Å². The topological polar surface area (TPSA) is 104 Å². The third kappa shape index (κ3) is 4.51. The van der Waals surface area contributed by atoms with Gasteiger partial charge in [0.15, 0.2) is 11.9 Å². The van der Waals surface area contributed by atoms with Crippen molar-refractivity contribution in [2.24, 2.45) is 0 Å². The molecule has 2 heterocycles. The van der Waals surface area contributed by atoms with E-state index in [4.69, 9.17) is 16.1 Å². The van der Waals surface area contributed by atoms with Gasteiger partial charge in [0.25, 0.3) is 5.89 Å². The maximum absolute atomic E-state index is 13.2. The van der Waals surface area contributed by atoms with Crippen LogP contribution in [0, 0.1) is 5.82 Å². The number of carbonyl (C=O) groups is 1. The first kappa shape index (κ1) is 20.5. The van der Waals surface area contributed by atoms with E-state index in [1.54, 1.807) is 18.2 Å². The average Bonchev–Trinajstić information content (AvgIpc) is 3.30. The highest BCUT2D eigenvalue weighted by Crippen LogP contribution is 2.22. The van der Waals surface area contributed by atoms with Crippen molar-refractivity contribution in [3.8, 4) is 0 Å². The number of aromatic nitrogens is 2. The minimum absolute atomic E-state index is 0.118. The number of nitrogens with one attached hydrogen (secondary N) is 1. The number of carboxylic acids is 1. The Morgan fingerprint density at radius 1 is 1.30 bits per heavy atom. The zero-order valence-corrected chi connectivity index (χ0v) is 16.6. The van der Waals surface area contributed by atoms with Gasteiger partial charge in [0.05, 0.1) is 5.97 Å². The molecule has 1 aliphatic heterocycles. The molecule has 4 rings (SSSR count). The largest absolute Gasteiger partial charge is 0.545 e. The molecule has 0 saturated carbocycles. The smallest absolute Gasteiger partial charge is 0.285 e. The Bertz CT molecular complexity index is 1060. The van der Waals surface area contributed by atoms with Gasteiger partial charge in [0.1, 0.15) is 25.0 Å². The maximum Gasteiger partial charge on any atom is 0.285 e. The Balaban J connectivity index is 1.48. The van der Waals surface area contributed by atoms with Crippen molar-refractivity contribution in [2.75, 3.05) is 6.54 Å². The van der Waals surface area contributed by atoms with Gasteiger partial charge in [0.2, 0.25) is 0 Å². The number of aromatic carboxylic acids is 1. The number of hydrogen-bond acceptors (Lipinski definition) is 6. The van der Waals surface area contributed by atoms with Crippen LogP contribution < -0.4 is 10.0 Å². The summed E-state index contributed by atoms with van der Waals surface area (Å²) in [6, 6.07) is 10.4. The average molecular weight is 432 g/mol. The quantitative estimate of drug-likeness (QED) is 0.595. The molecule has 9 heteroatoms. The molecule has 2 aromatic carbocycles. The monoisotopic (exact) mass is 431 g/mol. The van der Waals surface area contributed by atoms with Gasteiger partial charge in [-0.1, -0.05) is 47.1 Å². The standard InChI is InChI=1S/C21H19ClFN3O4/c22-17-8-15(23)6-5-14(17)7-19-24-20(30-25-19)18-9-16(27)11-26(18)10-12-1-3-13(4-2-12)21(28)29/h1-6,8,16,18,27H,7,9-11H2,(H,28,29)/t16-,18+/m1/s1. The predicted octanol–water partition coefficient (Wildman–Crippen LogP) is 0.707. The summed E-state index contributed by atoms with van der Waals surface area (Å²) in [6.45, 7) is 1.07. The molecule has 0 aliphatic carbocycles. The van der Waals surface area contributed by atoms with E-state index in [9.17, 15) is 19.4 Å². The molecule has 0 amide bonds. The number of rotatable bonds is 6. The van der Waals surface area contributed by atoms with Crippen LogP contribution in [0.1, 0.15) is 45.7 Å². The minimum Gasteiger partial charge on any atom is -0.545 e. The van der Waals surface area contributed by atoms with Gasteiger partial charge in [0, 0.05) is 23.4 Å². The van der Waals surface area contributed by atoms with Gasteiger partial charge in [-0.05, 0) is 23.3 Å². The zero-order chi connectivity index (χ0) is 21.3. The third-order valence-electron chi connectivity index (χ3n) is 5.26. The number of benzene rings is 2. The van der Waals surface area contributed by atoms with Crippen molar-refractivity contribution in [2.45, 2.75) is 31.5 Å². The van der Waals surface area contributed by atoms with Crippen molar-refractivity contribution >= 4 is 17.6 Å². The lowest BCUT2D eigenvalue weighted by Gasteiger charge is -2.18. The molecule has 0 spiro atoms. The van der Waals surface area contributed by atoms with Crippen molar-refractivity contribution in [3.63, 3.8) is 0 Å². The number of aliphatic hydroxyl groups is 1. The molecule has 1 unspecified atom stereocenters. The van der Waals surface area contributed by atoms with Crippen LogP contribution in [0.25, 0.3) is 0 Å². The number of carboxylic acid groups (broad SMARTS) is 1. The van der Waals surface area contributed by atoms with Gasteiger partial charge < -0.3 is 24.4 Å². The van der Waals surface area contributed by atoms with Crippen molar-refractivity contribution in [3.05, 3.63) is 81.7 Å². The van der Waals surface area contributed by atoms with Gasteiger partial charge in [-0.25, -0.2) is 4.39 Å². The summed E-state index contributed by atoms with van der Waals surface area (Å²) in [6.07, 6.45) is 0.276. The summed E-state index contributed by atoms with van der Waals surface area (Å²) in [4.78, 5) is 16.4. The lowest BCUT2D eigenvalue weighted by atomic mass is 10.1. The Labute approximate surface area is 176 Å². The van der Waals surface area contributed by atoms with Crippen LogP contribution in [0.4, 0.5) is 4.39 Å². The molecule has 7 nitrogen and oxygen atoms in total. The maximum atomic E-state index is 13.2. The van der Waals surface area contributed by atoms with Crippen LogP contribution in [-0.2, 0) is 13.0 Å². The van der Waals surface area contributed by atoms with E-state index >= 15 is 0 Å². The fourth-order valence-electron chi connectivity index (χ4n) is 3.77. The zero-order valence-electron chi connectivity index (χ0n) is 15.8. The summed E-state index contributed by atoms with van der Waals surface area (Å²) in [5.41, 5.74) is 1.73. The van der Waals surface area contributed by atoms with Crippen molar-refractivity contribution in [1.29, 1.82) is 0 Å². The number of nitrogens with zero attached hydrogens (tertiary/aromatic N) is 2. The van der Waals surface area contributed by atoms with E-state index in [1.807, 2.05) is 0 Å². The van der Waals surface area contributed by atoms with E-state index in [1.165, 1.54) is 24.3 Å². The number of hydrogen-bond donors (Lipinski definition) is 2. The normalized spacial score (nSPS) is 21.1. The molecule has 1 aromatic heterocycles. The number of halogens is 2. The van der Waals surface area contributed by atoms with Crippen LogP contribution in [0.15, 0.2) is 47.0 Å². The number of aliphatic hydroxyl groups excluding tert-OH is 1. The fraction of sp³-hybridized carbons (Fsp3) is 0.286. The summed E-state index contributed by atoms with van der Waals surface area (Å²) in [5, 5.41) is 25.4. The highest BCUT2D eigenvalue weighted by Gasteiger charge is 2.39. The number of likely N-dealkylation sites (tertiary alicyclic amines) is 1. The molecule has 156 valence electrons. The minimum atomic E-state index is -1.22. The first-order valence-electron chi connectivity index (χ1n) is 9.48. The molecule has 1 fully saturated rings. The predicted molar refractivity (Wildman–Crippen MR) is 102 cm³/mol. The molecule has 1 aliphatic rings. The van der Waals surface area contributed by atoms with Gasteiger partial charge in [-0.3, -0.25) is 0 Å². The molecule has 3 atom stereocenters. The van der Waals surface area contributed by atoms with E-state index in [-0.39, 0.29) is 11.6 Å². The number of carbonyl (C=O) groups excluding carboxylic acids is 1. The van der Waals surface area contributed by atoms with E-state index in [0.29, 0.717) is 48.2 Å². The molecule has 3 aromatic rings. The van der Waals surface area contributed by atoms with Crippen LogP contribution >= 0.6 is 11.6 Å². The van der Waals surface area contributed by atoms with Crippen molar-refractivity contribution in [1.82, 2.24) is 10.1 Å². The Morgan fingerprint density at radius 3 is 2.77 bits per heavy atom. The molecule has 0 radical (unpaired) electrons. The molecular formula is C21H19ClFN3O4. The third-order valence-corrected chi connectivity index (χ3v) is 5.62. The second-order valence-corrected chi connectivity index (χ2v) is 7.83. The SMILES string of the molecule is O=C([O-])c1ccc(C[NH+]2C[C@H](O)C[C@H]2c2nc(Cc3ccc(F)cc3Cl)no2)cc1. The molecule has 2 N–H and O–H groups in total. The Morgan fingerprint density at radius 2 is 2.07 bits per heavy atom. The Kier molecular flexibility index (Phi) is 5.80. The lowest BCUT2D eigenvalue weighted by molar-refractivity contribution is -0.934. The van der Waals surface area contributed by atoms with Crippen LogP contribution in [-0.4, -0.2) is 33.9 Å². The summed E-state index contributed by atoms with van der Waals surface area (Å²) < 4.78 is 18.7. The Hall–Kier alpha value is -2.81.